The molecule has 0 bridgehead atoms. The van der Waals surface area contributed by atoms with Gasteiger partial charge in [-0.1, -0.05) is 19.1 Å². The van der Waals surface area contributed by atoms with Crippen LogP contribution in [0.2, 0.25) is 0 Å². The topological polar surface area (TPSA) is 32.7 Å². The van der Waals surface area contributed by atoms with Gasteiger partial charge in [-0.3, -0.25) is 4.90 Å². The quantitative estimate of drug-likeness (QED) is 0.910. The third-order valence-electron chi connectivity index (χ3n) is 3.57. The lowest BCUT2D eigenvalue weighted by molar-refractivity contribution is -0.0282. The third-order valence-corrected chi connectivity index (χ3v) is 3.57. The number of ether oxygens (including phenoxy) is 1. The van der Waals surface area contributed by atoms with Gasteiger partial charge in [-0.25, -0.2) is 8.78 Å². The molecule has 2 atom stereocenters. The molecule has 0 aromatic heterocycles. The summed E-state index contributed by atoms with van der Waals surface area (Å²) >= 11 is 0. The number of benzene rings is 1. The Hall–Kier alpha value is -1.04. The summed E-state index contributed by atoms with van der Waals surface area (Å²) < 4.78 is 32.1. The Morgan fingerprint density at radius 3 is 3.00 bits per heavy atom. The van der Waals surface area contributed by atoms with Crippen LogP contribution in [0.3, 0.4) is 0 Å². The van der Waals surface area contributed by atoms with E-state index in [1.165, 1.54) is 12.1 Å². The standard InChI is InChI=1S/C14H19F2NO2/c1-2-10-9-19-7-6-17(10)8-13(18)11-4-3-5-12(15)14(11)16/h3-5,10,13,18H,2,6-9H2,1H3. The van der Waals surface area contributed by atoms with Gasteiger partial charge in [0.2, 0.25) is 0 Å². The Bertz CT molecular complexity index is 428. The number of rotatable bonds is 4. The summed E-state index contributed by atoms with van der Waals surface area (Å²) in [5.74, 6) is -1.89. The van der Waals surface area contributed by atoms with E-state index in [0.29, 0.717) is 26.3 Å². The highest BCUT2D eigenvalue weighted by atomic mass is 19.2. The van der Waals surface area contributed by atoms with Crippen LogP contribution in [-0.4, -0.2) is 42.4 Å². The van der Waals surface area contributed by atoms with Crippen molar-refractivity contribution in [3.05, 3.63) is 35.4 Å². The molecule has 0 aliphatic carbocycles. The summed E-state index contributed by atoms with van der Waals surface area (Å²) in [6, 6.07) is 4.10. The zero-order valence-electron chi connectivity index (χ0n) is 11.0. The van der Waals surface area contributed by atoms with Crippen LogP contribution < -0.4 is 0 Å². The van der Waals surface area contributed by atoms with Gasteiger partial charge >= 0.3 is 0 Å². The number of aliphatic hydroxyl groups excluding tert-OH is 1. The van der Waals surface area contributed by atoms with Crippen molar-refractivity contribution < 1.29 is 18.6 Å². The van der Waals surface area contributed by atoms with Crippen molar-refractivity contribution in [2.45, 2.75) is 25.5 Å². The number of halogens is 2. The molecule has 0 spiro atoms. The van der Waals surface area contributed by atoms with Crippen molar-refractivity contribution in [2.24, 2.45) is 0 Å². The highest BCUT2D eigenvalue weighted by molar-refractivity contribution is 5.21. The number of β-amino-alcohol motifs (C(OH)–C–C–N with tert-alkyl or cyclic N) is 1. The van der Waals surface area contributed by atoms with Gasteiger partial charge in [0.15, 0.2) is 11.6 Å². The Kier molecular flexibility index (Phi) is 4.85. The number of nitrogens with zero attached hydrogens (tertiary/aromatic N) is 1. The van der Waals surface area contributed by atoms with E-state index in [9.17, 15) is 13.9 Å². The molecule has 1 N–H and O–H groups in total. The lowest BCUT2D eigenvalue weighted by Gasteiger charge is -2.36. The highest BCUT2D eigenvalue weighted by Gasteiger charge is 2.25. The number of morpholine rings is 1. The summed E-state index contributed by atoms with van der Waals surface area (Å²) in [6.07, 6.45) is -0.124. The first-order valence-corrected chi connectivity index (χ1v) is 6.57. The first-order valence-electron chi connectivity index (χ1n) is 6.57. The zero-order valence-corrected chi connectivity index (χ0v) is 11.0. The maximum atomic E-state index is 13.6. The highest BCUT2D eigenvalue weighted by Crippen LogP contribution is 2.22. The van der Waals surface area contributed by atoms with E-state index in [-0.39, 0.29) is 11.6 Å². The molecule has 0 amide bonds. The van der Waals surface area contributed by atoms with Gasteiger partial charge in [-0.15, -0.1) is 0 Å². The first kappa shape index (κ1) is 14.4. The van der Waals surface area contributed by atoms with Crippen molar-refractivity contribution in [1.82, 2.24) is 4.90 Å². The monoisotopic (exact) mass is 271 g/mol. The SMILES string of the molecule is CCC1COCCN1CC(O)c1cccc(F)c1F. The van der Waals surface area contributed by atoms with E-state index in [4.69, 9.17) is 4.74 Å². The molecule has 19 heavy (non-hydrogen) atoms. The fourth-order valence-electron chi connectivity index (χ4n) is 2.40. The smallest absolute Gasteiger partial charge is 0.164 e. The molecule has 0 saturated carbocycles. The van der Waals surface area contributed by atoms with Gasteiger partial charge in [-0.2, -0.15) is 0 Å². The van der Waals surface area contributed by atoms with Gasteiger partial charge < -0.3 is 9.84 Å². The minimum absolute atomic E-state index is 0.0151. The predicted molar refractivity (Wildman–Crippen MR) is 67.8 cm³/mol. The molecule has 2 unspecified atom stereocenters. The number of aliphatic hydroxyl groups is 1. The molecule has 1 aliphatic rings. The third kappa shape index (κ3) is 3.29. The summed E-state index contributed by atoms with van der Waals surface area (Å²) in [4.78, 5) is 2.07. The average Bonchev–Trinajstić information content (AvgIpc) is 2.42. The van der Waals surface area contributed by atoms with E-state index < -0.39 is 17.7 Å². The van der Waals surface area contributed by atoms with Crippen LogP contribution in [-0.2, 0) is 4.74 Å². The van der Waals surface area contributed by atoms with Gasteiger partial charge in [0.05, 0.1) is 19.3 Å². The van der Waals surface area contributed by atoms with Gasteiger partial charge in [0, 0.05) is 24.7 Å². The second-order valence-electron chi connectivity index (χ2n) is 4.79. The summed E-state index contributed by atoms with van der Waals surface area (Å²) in [6.45, 7) is 4.26. The van der Waals surface area contributed by atoms with Crippen molar-refractivity contribution >= 4 is 0 Å². The van der Waals surface area contributed by atoms with E-state index >= 15 is 0 Å². The normalized spacial score (nSPS) is 22.4. The minimum atomic E-state index is -1.03. The van der Waals surface area contributed by atoms with Crippen LogP contribution in [0.25, 0.3) is 0 Å². The van der Waals surface area contributed by atoms with Crippen LogP contribution >= 0.6 is 0 Å². The van der Waals surface area contributed by atoms with Crippen molar-refractivity contribution in [1.29, 1.82) is 0 Å². The van der Waals surface area contributed by atoms with E-state index in [0.717, 1.165) is 12.5 Å². The minimum Gasteiger partial charge on any atom is -0.387 e. The van der Waals surface area contributed by atoms with Crippen LogP contribution in [0.15, 0.2) is 18.2 Å². The van der Waals surface area contributed by atoms with Crippen LogP contribution in [0.1, 0.15) is 25.0 Å². The Labute approximate surface area is 111 Å². The summed E-state index contributed by atoms with van der Waals surface area (Å²) in [7, 11) is 0. The second kappa shape index (κ2) is 6.41. The van der Waals surface area contributed by atoms with Crippen LogP contribution in [0, 0.1) is 11.6 Å². The second-order valence-corrected chi connectivity index (χ2v) is 4.79. The van der Waals surface area contributed by atoms with Crippen molar-refractivity contribution in [3.8, 4) is 0 Å². The molecular weight excluding hydrogens is 252 g/mol. The lowest BCUT2D eigenvalue weighted by atomic mass is 10.1. The van der Waals surface area contributed by atoms with Crippen LogP contribution in [0.4, 0.5) is 8.78 Å². The maximum Gasteiger partial charge on any atom is 0.164 e. The predicted octanol–water partition coefficient (Wildman–Crippen LogP) is 2.11. The van der Waals surface area contributed by atoms with Crippen molar-refractivity contribution in [3.63, 3.8) is 0 Å². The largest absolute Gasteiger partial charge is 0.387 e. The summed E-state index contributed by atoms with van der Waals surface area (Å²) in [5.41, 5.74) is 0.0151. The molecule has 106 valence electrons. The molecule has 1 saturated heterocycles. The summed E-state index contributed by atoms with van der Waals surface area (Å²) in [5, 5.41) is 10.1. The molecule has 2 rings (SSSR count). The lowest BCUT2D eigenvalue weighted by Crippen LogP contribution is -2.46. The molecule has 5 heteroatoms. The molecule has 1 aromatic rings. The average molecular weight is 271 g/mol. The molecule has 1 aromatic carbocycles. The fourth-order valence-corrected chi connectivity index (χ4v) is 2.40. The van der Waals surface area contributed by atoms with Crippen molar-refractivity contribution in [2.75, 3.05) is 26.3 Å². The molecule has 1 aliphatic heterocycles. The molecule has 1 heterocycles. The molecular formula is C14H19F2NO2. The van der Waals surface area contributed by atoms with E-state index in [1.54, 1.807) is 0 Å². The molecule has 0 radical (unpaired) electrons. The van der Waals surface area contributed by atoms with Gasteiger partial charge in [0.25, 0.3) is 0 Å². The number of hydrogen-bond acceptors (Lipinski definition) is 3. The number of hydrogen-bond donors (Lipinski definition) is 1. The zero-order chi connectivity index (χ0) is 13.8. The van der Waals surface area contributed by atoms with Gasteiger partial charge in [0.1, 0.15) is 0 Å². The fraction of sp³-hybridized carbons (Fsp3) is 0.571. The van der Waals surface area contributed by atoms with Crippen LogP contribution in [0.5, 0.6) is 0 Å². The molecule has 3 nitrogen and oxygen atoms in total. The Balaban J connectivity index is 2.07. The maximum absolute atomic E-state index is 13.6. The first-order chi connectivity index (χ1) is 9.13. The Morgan fingerprint density at radius 2 is 2.26 bits per heavy atom. The van der Waals surface area contributed by atoms with E-state index in [1.807, 2.05) is 6.92 Å². The van der Waals surface area contributed by atoms with E-state index in [2.05, 4.69) is 4.90 Å². The molecule has 1 fully saturated rings. The Morgan fingerprint density at radius 1 is 1.47 bits per heavy atom. The van der Waals surface area contributed by atoms with Gasteiger partial charge in [-0.05, 0) is 12.5 Å².